The summed E-state index contributed by atoms with van der Waals surface area (Å²) < 4.78 is 0. The molecular weight excluding hydrogens is 855 g/mol. The van der Waals surface area contributed by atoms with E-state index < -0.39 is 0 Å². The van der Waals surface area contributed by atoms with Crippen molar-refractivity contribution in [2.75, 3.05) is 0 Å². The first-order valence-corrected chi connectivity index (χ1v) is 19.9. The maximum Gasteiger partial charge on any atom is 0.0602 e. The van der Waals surface area contributed by atoms with Crippen LogP contribution in [0.4, 0.5) is 0 Å². The zero-order chi connectivity index (χ0) is 37.2. The second-order valence-electron chi connectivity index (χ2n) is 15.6. The largest absolute Gasteiger partial charge is 0.296 e. The Morgan fingerprint density at radius 2 is 1.07 bits per heavy atom. The van der Waals surface area contributed by atoms with E-state index >= 15 is 0 Å². The molecule has 1 aliphatic rings. The van der Waals surface area contributed by atoms with E-state index in [1.807, 2.05) is 0 Å². The number of hydrogen-bond donors (Lipinski definition) is 0. The second kappa shape index (κ2) is 16.4. The molecule has 0 atom stereocenters. The molecule has 0 fully saturated rings. The van der Waals surface area contributed by atoms with Gasteiger partial charge in [-0.2, -0.15) is 0 Å². The minimum atomic E-state index is -0.0840. The van der Waals surface area contributed by atoms with Crippen LogP contribution in [0.1, 0.15) is 61.8 Å². The third kappa shape index (κ3) is 7.45. The quantitative estimate of drug-likeness (QED) is 0.0931. The van der Waals surface area contributed by atoms with Crippen LogP contribution in [0.3, 0.4) is 0 Å². The van der Waals surface area contributed by atoms with Gasteiger partial charge in [-0.15, -0.1) is 29.3 Å². The molecule has 0 amide bonds. The van der Waals surface area contributed by atoms with E-state index in [-0.39, 0.29) is 25.5 Å². The van der Waals surface area contributed by atoms with Crippen molar-refractivity contribution < 1.29 is 20.1 Å². The number of aromatic nitrogens is 1. The minimum Gasteiger partial charge on any atom is -0.296 e. The van der Waals surface area contributed by atoms with Gasteiger partial charge in [0.25, 0.3) is 0 Å². The molecular formula is C54H46IrN-. The van der Waals surface area contributed by atoms with Crippen molar-refractivity contribution in [1.29, 1.82) is 0 Å². The predicted molar refractivity (Wildman–Crippen MR) is 232 cm³/mol. The minimum absolute atomic E-state index is 0. The van der Waals surface area contributed by atoms with Gasteiger partial charge in [-0.1, -0.05) is 183 Å². The van der Waals surface area contributed by atoms with E-state index in [1.54, 1.807) is 0 Å². The van der Waals surface area contributed by atoms with Crippen molar-refractivity contribution in [3.8, 4) is 55.8 Å². The van der Waals surface area contributed by atoms with Crippen LogP contribution in [-0.2, 0) is 38.4 Å². The Bertz CT molecular complexity index is 2620. The Labute approximate surface area is 345 Å². The first kappa shape index (κ1) is 37.5. The Morgan fingerprint density at radius 1 is 0.464 bits per heavy atom. The summed E-state index contributed by atoms with van der Waals surface area (Å²) in [6, 6.07) is 65.6. The molecule has 277 valence electrons. The summed E-state index contributed by atoms with van der Waals surface area (Å²) >= 11 is 0. The summed E-state index contributed by atoms with van der Waals surface area (Å²) in [6.07, 6.45) is 7.30. The number of unbranched alkanes of at least 4 members (excludes halogenated alkanes) is 3. The van der Waals surface area contributed by atoms with Crippen molar-refractivity contribution in [2.45, 2.75) is 57.8 Å². The van der Waals surface area contributed by atoms with Gasteiger partial charge in [0.05, 0.1) is 5.52 Å². The summed E-state index contributed by atoms with van der Waals surface area (Å²) in [5, 5.41) is 1.15. The zero-order valence-electron chi connectivity index (χ0n) is 32.2. The maximum atomic E-state index is 5.31. The van der Waals surface area contributed by atoms with Gasteiger partial charge in [-0.25, -0.2) is 0 Å². The van der Waals surface area contributed by atoms with Crippen LogP contribution in [0.15, 0.2) is 170 Å². The molecule has 0 saturated heterocycles. The molecule has 0 saturated carbocycles. The zero-order valence-corrected chi connectivity index (χ0v) is 34.6. The molecule has 8 aromatic rings. The fraction of sp³-hybridized carbons (Fsp3) is 0.167. The average molecular weight is 901 g/mol. The van der Waals surface area contributed by atoms with Crippen molar-refractivity contribution >= 4 is 10.9 Å². The van der Waals surface area contributed by atoms with E-state index in [4.69, 9.17) is 4.98 Å². The summed E-state index contributed by atoms with van der Waals surface area (Å²) in [4.78, 5) is 5.31. The molecule has 0 aliphatic heterocycles. The summed E-state index contributed by atoms with van der Waals surface area (Å²) in [6.45, 7) is 4.66. The monoisotopic (exact) mass is 901 g/mol. The molecule has 9 rings (SSSR count). The van der Waals surface area contributed by atoms with Gasteiger partial charge in [-0.3, -0.25) is 4.98 Å². The fourth-order valence-corrected chi connectivity index (χ4v) is 8.71. The summed E-state index contributed by atoms with van der Waals surface area (Å²) in [5.74, 6) is 0. The number of nitrogens with zero attached hydrogens (tertiary/aromatic N) is 1. The predicted octanol–water partition coefficient (Wildman–Crippen LogP) is 14.4. The Hall–Kier alpha value is -5.40. The Balaban J connectivity index is 0.00000441. The average Bonchev–Trinajstić information content (AvgIpc) is 3.47. The van der Waals surface area contributed by atoms with Crippen LogP contribution in [0, 0.1) is 6.07 Å². The molecule has 0 bridgehead atoms. The van der Waals surface area contributed by atoms with E-state index in [0.717, 1.165) is 28.6 Å². The molecule has 1 heterocycles. The third-order valence-electron chi connectivity index (χ3n) is 11.7. The molecule has 2 heteroatoms. The smallest absolute Gasteiger partial charge is 0.0602 e. The molecule has 7 aromatic carbocycles. The van der Waals surface area contributed by atoms with Crippen LogP contribution in [0.25, 0.3) is 66.7 Å². The molecule has 0 N–H and O–H groups in total. The third-order valence-corrected chi connectivity index (χ3v) is 11.7. The molecule has 56 heavy (non-hydrogen) atoms. The number of aryl methyl sites for hydroxylation is 2. The molecule has 1 aromatic heterocycles. The normalized spacial score (nSPS) is 12.5. The molecule has 1 aliphatic carbocycles. The maximum absolute atomic E-state index is 5.31. The van der Waals surface area contributed by atoms with Crippen LogP contribution in [-0.4, -0.2) is 4.98 Å². The van der Waals surface area contributed by atoms with Gasteiger partial charge in [0.1, 0.15) is 0 Å². The Kier molecular flexibility index (Phi) is 11.0. The van der Waals surface area contributed by atoms with Crippen molar-refractivity contribution in [1.82, 2.24) is 4.98 Å². The SMILES string of the molecule is CC1(C)c2ccccc2-c2c[c-]c(-c3cc(-c4ccccc4)c4cc(-c5ccccc5-c5cccc(CCCCCCc6ccccc6)c5)ccc4n3)cc21.[Ir]. The van der Waals surface area contributed by atoms with E-state index in [0.29, 0.717) is 0 Å². The molecule has 1 nitrogen and oxygen atoms in total. The van der Waals surface area contributed by atoms with Crippen molar-refractivity contribution in [3.05, 3.63) is 198 Å². The summed E-state index contributed by atoms with van der Waals surface area (Å²) in [5.41, 5.74) is 18.4. The van der Waals surface area contributed by atoms with Crippen LogP contribution in [0.5, 0.6) is 0 Å². The number of rotatable bonds is 11. The molecule has 0 unspecified atom stereocenters. The Morgan fingerprint density at radius 3 is 1.82 bits per heavy atom. The van der Waals surface area contributed by atoms with Crippen LogP contribution in [0.2, 0.25) is 0 Å². The van der Waals surface area contributed by atoms with Gasteiger partial charge < -0.3 is 0 Å². The van der Waals surface area contributed by atoms with Crippen molar-refractivity contribution in [2.24, 2.45) is 0 Å². The molecule has 0 spiro atoms. The molecule has 1 radical (unpaired) electrons. The van der Waals surface area contributed by atoms with Gasteiger partial charge in [0, 0.05) is 25.5 Å². The van der Waals surface area contributed by atoms with Gasteiger partial charge >= 0.3 is 0 Å². The summed E-state index contributed by atoms with van der Waals surface area (Å²) in [7, 11) is 0. The van der Waals surface area contributed by atoms with Gasteiger partial charge in [0.2, 0.25) is 0 Å². The van der Waals surface area contributed by atoms with Gasteiger partial charge in [-0.05, 0) is 99.0 Å². The first-order chi connectivity index (χ1) is 27.0. The number of hydrogen-bond acceptors (Lipinski definition) is 1. The van der Waals surface area contributed by atoms with Gasteiger partial charge in [0.15, 0.2) is 0 Å². The van der Waals surface area contributed by atoms with E-state index in [9.17, 15) is 0 Å². The van der Waals surface area contributed by atoms with E-state index in [1.165, 1.54) is 98.9 Å². The first-order valence-electron chi connectivity index (χ1n) is 19.9. The number of pyridine rings is 1. The number of benzene rings is 7. The van der Waals surface area contributed by atoms with E-state index in [2.05, 4.69) is 190 Å². The van der Waals surface area contributed by atoms with Crippen molar-refractivity contribution in [3.63, 3.8) is 0 Å². The second-order valence-corrected chi connectivity index (χ2v) is 15.6. The topological polar surface area (TPSA) is 12.9 Å². The van der Waals surface area contributed by atoms with Crippen LogP contribution >= 0.6 is 0 Å². The van der Waals surface area contributed by atoms with Crippen LogP contribution < -0.4 is 0 Å². The number of fused-ring (bicyclic) bond motifs is 4. The fourth-order valence-electron chi connectivity index (χ4n) is 8.71. The standard InChI is InChI=1S/C54H46N.Ir/c1-54(2)50-29-16-15-28-46(50)47-32-30-43(36-51(47)54)53-37-48(40-23-11-6-12-24-40)49-35-42(31-33-52(49)55-53)45-27-14-13-26-44(45)41-25-17-22-39(34-41)21-8-4-3-7-18-38-19-9-5-10-20-38;/h5-6,9-17,19-20,22-29,31-37H,3-4,7-8,18,21H2,1-2H3;/q-1;.